The Labute approximate surface area is 397 Å². The third-order valence-electron chi connectivity index (χ3n) is 13.7. The number of aromatic nitrogens is 4. The molecule has 69 heavy (non-hydrogen) atoms. The quantitative estimate of drug-likeness (QED) is 0.160. The molecule has 14 rings (SSSR count). The summed E-state index contributed by atoms with van der Waals surface area (Å²) in [4.78, 5) is 10.5. The highest BCUT2D eigenvalue weighted by molar-refractivity contribution is 6.29. The topological polar surface area (TPSA) is 48.8 Å². The Morgan fingerprint density at radius 3 is 1.26 bits per heavy atom. The van der Waals surface area contributed by atoms with Crippen LogP contribution in [0.3, 0.4) is 0 Å². The zero-order chi connectivity index (χ0) is 45.4. The second kappa shape index (κ2) is 15.7. The predicted octanol–water partition coefficient (Wildman–Crippen LogP) is 16.9. The maximum atomic E-state index is 7.35. The minimum atomic E-state index is 0.678. The molecule has 5 nitrogen and oxygen atoms in total. The van der Waals surface area contributed by atoms with Gasteiger partial charge >= 0.3 is 0 Å². The molecule has 0 fully saturated rings. The van der Waals surface area contributed by atoms with Gasteiger partial charge in [0.05, 0.1) is 49.9 Å². The van der Waals surface area contributed by atoms with Crippen molar-refractivity contribution in [3.8, 4) is 67.5 Å². The van der Waals surface area contributed by atoms with Gasteiger partial charge in [-0.25, -0.2) is 9.97 Å². The molecule has 4 heterocycles. The smallest absolute Gasteiger partial charge is 0.160 e. The fraction of sp³-hybridized carbons (Fsp3) is 0. The maximum Gasteiger partial charge on any atom is 0.160 e. The molecule has 0 saturated carbocycles. The molecule has 0 saturated heterocycles. The molecule has 14 aromatic rings. The van der Waals surface area contributed by atoms with E-state index in [0.29, 0.717) is 5.82 Å². The van der Waals surface area contributed by atoms with E-state index in [1.807, 2.05) is 24.3 Å². The molecule has 0 aliphatic heterocycles. The van der Waals surface area contributed by atoms with E-state index in [9.17, 15) is 0 Å². The highest BCUT2D eigenvalue weighted by atomic mass is 16.3. The summed E-state index contributed by atoms with van der Waals surface area (Å²) in [6.45, 7) is 0. The average molecular weight is 881 g/mol. The van der Waals surface area contributed by atoms with Gasteiger partial charge in [-0.1, -0.05) is 176 Å². The summed E-state index contributed by atoms with van der Waals surface area (Å²) in [5.41, 5.74) is 17.4. The molecule has 0 bridgehead atoms. The largest absolute Gasteiger partial charge is 0.455 e. The average Bonchev–Trinajstić information content (AvgIpc) is 4.09. The van der Waals surface area contributed by atoms with Crippen LogP contribution in [0.5, 0.6) is 0 Å². The second-order valence-corrected chi connectivity index (χ2v) is 17.7. The minimum Gasteiger partial charge on any atom is -0.455 e. The van der Waals surface area contributed by atoms with Gasteiger partial charge in [-0.2, -0.15) is 0 Å². The molecular formula is C64H40N4O. The van der Waals surface area contributed by atoms with Crippen LogP contribution in [0, 0.1) is 0 Å². The number of nitrogens with zero attached hydrogens (tertiary/aromatic N) is 4. The molecule has 0 aliphatic carbocycles. The first-order valence-electron chi connectivity index (χ1n) is 23.4. The second-order valence-electron chi connectivity index (χ2n) is 17.7. The van der Waals surface area contributed by atoms with Gasteiger partial charge < -0.3 is 13.6 Å². The van der Waals surface area contributed by atoms with Gasteiger partial charge in [0.15, 0.2) is 5.82 Å². The summed E-state index contributed by atoms with van der Waals surface area (Å²) < 4.78 is 12.2. The van der Waals surface area contributed by atoms with Crippen LogP contribution in [0.15, 0.2) is 247 Å². The van der Waals surface area contributed by atoms with Gasteiger partial charge in [0, 0.05) is 55.0 Å². The zero-order valence-electron chi connectivity index (χ0n) is 37.3. The van der Waals surface area contributed by atoms with Crippen molar-refractivity contribution in [2.45, 2.75) is 0 Å². The number of rotatable bonds is 7. The van der Waals surface area contributed by atoms with Crippen LogP contribution in [-0.2, 0) is 0 Å². The van der Waals surface area contributed by atoms with Crippen molar-refractivity contribution in [3.05, 3.63) is 243 Å². The lowest BCUT2D eigenvalue weighted by molar-refractivity contribution is 0.677. The van der Waals surface area contributed by atoms with Crippen molar-refractivity contribution in [2.24, 2.45) is 0 Å². The Morgan fingerprint density at radius 2 is 0.725 bits per heavy atom. The third kappa shape index (κ3) is 6.18. The van der Waals surface area contributed by atoms with E-state index in [1.54, 1.807) is 0 Å². The van der Waals surface area contributed by atoms with Gasteiger partial charge in [-0.15, -0.1) is 0 Å². The van der Waals surface area contributed by atoms with Crippen LogP contribution >= 0.6 is 0 Å². The molecule has 4 aromatic heterocycles. The summed E-state index contributed by atoms with van der Waals surface area (Å²) in [5, 5.41) is 6.67. The van der Waals surface area contributed by atoms with E-state index in [2.05, 4.69) is 228 Å². The normalized spacial score (nSPS) is 11.8. The Kier molecular flexibility index (Phi) is 8.83. The van der Waals surface area contributed by atoms with E-state index in [4.69, 9.17) is 14.4 Å². The predicted molar refractivity (Wildman–Crippen MR) is 285 cm³/mol. The van der Waals surface area contributed by atoms with E-state index < -0.39 is 0 Å². The highest BCUT2D eigenvalue weighted by Crippen LogP contribution is 2.48. The van der Waals surface area contributed by atoms with Gasteiger partial charge in [0.2, 0.25) is 0 Å². The number of fused-ring (bicyclic) bond motifs is 11. The molecular weight excluding hydrogens is 841 g/mol. The van der Waals surface area contributed by atoms with Crippen molar-refractivity contribution >= 4 is 65.6 Å². The number of hydrogen-bond donors (Lipinski definition) is 0. The Balaban J connectivity index is 1.08. The first-order valence-corrected chi connectivity index (χ1v) is 23.4. The van der Waals surface area contributed by atoms with Gasteiger partial charge in [0.1, 0.15) is 11.2 Å². The standard InChI is InChI=1S/C64H40N4O/c1-6-20-41(21-7-1)51-38-45(54-40-53(43-24-10-3-11-25-43)65-64(66-54)44-26-12-4-13-27-44)39-52(42-22-8-2-9-23-42)61(51)68-56-33-19-17-31-50(56)60-58(68)37-35-48-47-34-36-57-59(62(47)69-63(48)60)49-30-16-18-32-55(49)67(57)46-28-14-5-15-29-46/h1-40H. The van der Waals surface area contributed by atoms with E-state index in [1.165, 1.54) is 0 Å². The van der Waals surface area contributed by atoms with Gasteiger partial charge in [-0.05, 0) is 77.9 Å². The SMILES string of the molecule is c1ccc(-c2cc(-c3cc(-c4ccccc4)c(-n4c5ccccc5c5c6oc7c(ccc8c7c7ccccc7n8-c7ccccc7)c6ccc54)c(-c4ccccc4)c3)nc(-c3ccccc3)n2)cc1. The van der Waals surface area contributed by atoms with Crippen LogP contribution in [-0.4, -0.2) is 19.1 Å². The molecule has 0 radical (unpaired) electrons. The number of furan rings is 1. The van der Waals surface area contributed by atoms with Crippen molar-refractivity contribution in [2.75, 3.05) is 0 Å². The monoisotopic (exact) mass is 880 g/mol. The van der Waals surface area contributed by atoms with E-state index >= 15 is 0 Å². The maximum absolute atomic E-state index is 7.35. The van der Waals surface area contributed by atoms with Crippen molar-refractivity contribution < 1.29 is 4.42 Å². The summed E-state index contributed by atoms with van der Waals surface area (Å²) in [6.07, 6.45) is 0. The molecule has 0 N–H and O–H groups in total. The summed E-state index contributed by atoms with van der Waals surface area (Å²) in [7, 11) is 0. The van der Waals surface area contributed by atoms with Gasteiger partial charge in [0.25, 0.3) is 0 Å². The van der Waals surface area contributed by atoms with Crippen molar-refractivity contribution in [3.63, 3.8) is 0 Å². The molecule has 0 atom stereocenters. The van der Waals surface area contributed by atoms with E-state index in [0.717, 1.165) is 127 Å². The number of para-hydroxylation sites is 3. The zero-order valence-corrected chi connectivity index (χ0v) is 37.3. The third-order valence-corrected chi connectivity index (χ3v) is 13.7. The molecule has 0 spiro atoms. The van der Waals surface area contributed by atoms with Crippen LogP contribution in [0.25, 0.3) is 133 Å². The van der Waals surface area contributed by atoms with Crippen molar-refractivity contribution in [1.82, 2.24) is 19.1 Å². The number of hydrogen-bond acceptors (Lipinski definition) is 3. The van der Waals surface area contributed by atoms with E-state index in [-0.39, 0.29) is 0 Å². The van der Waals surface area contributed by atoms with Crippen LogP contribution in [0.1, 0.15) is 0 Å². The van der Waals surface area contributed by atoms with Crippen molar-refractivity contribution in [1.29, 1.82) is 0 Å². The summed E-state index contributed by atoms with van der Waals surface area (Å²) in [5.74, 6) is 0.678. The molecule has 0 unspecified atom stereocenters. The summed E-state index contributed by atoms with van der Waals surface area (Å²) in [6, 6.07) is 86.1. The van der Waals surface area contributed by atoms with Crippen LogP contribution in [0.2, 0.25) is 0 Å². The summed E-state index contributed by atoms with van der Waals surface area (Å²) >= 11 is 0. The molecule has 10 aromatic carbocycles. The molecule has 322 valence electrons. The first kappa shape index (κ1) is 38.9. The lowest BCUT2D eigenvalue weighted by atomic mass is 9.91. The lowest BCUT2D eigenvalue weighted by Gasteiger charge is -2.21. The Morgan fingerprint density at radius 1 is 0.304 bits per heavy atom. The highest BCUT2D eigenvalue weighted by Gasteiger charge is 2.26. The fourth-order valence-electron chi connectivity index (χ4n) is 10.7. The molecule has 5 heteroatoms. The fourth-order valence-corrected chi connectivity index (χ4v) is 10.7. The minimum absolute atomic E-state index is 0.678. The Hall–Kier alpha value is -9.32. The lowest BCUT2D eigenvalue weighted by Crippen LogP contribution is -2.02. The molecule has 0 aliphatic rings. The van der Waals surface area contributed by atoms with Gasteiger partial charge in [-0.3, -0.25) is 0 Å². The van der Waals surface area contributed by atoms with Crippen LogP contribution < -0.4 is 0 Å². The number of benzene rings is 10. The first-order chi connectivity index (χ1) is 34.2. The molecule has 0 amide bonds. The van der Waals surface area contributed by atoms with Crippen LogP contribution in [0.4, 0.5) is 0 Å². The Bertz CT molecular complexity index is 4150.